The van der Waals surface area contributed by atoms with E-state index in [0.717, 1.165) is 18.8 Å². The molecular formula is C15H23ClFN. The van der Waals surface area contributed by atoms with Crippen molar-refractivity contribution in [2.24, 2.45) is 5.92 Å². The van der Waals surface area contributed by atoms with E-state index in [2.05, 4.69) is 19.2 Å². The Bertz CT molecular complexity index is 345. The Hall–Kier alpha value is -0.600. The molecule has 0 radical (unpaired) electrons. The fourth-order valence-electron chi connectivity index (χ4n) is 2.09. The molecule has 1 unspecified atom stereocenters. The first kappa shape index (κ1) is 15.5. The first-order valence-electron chi connectivity index (χ1n) is 6.64. The zero-order chi connectivity index (χ0) is 13.5. The van der Waals surface area contributed by atoms with Gasteiger partial charge in [0.1, 0.15) is 5.82 Å². The van der Waals surface area contributed by atoms with Gasteiger partial charge in [0.05, 0.1) is 0 Å². The molecule has 18 heavy (non-hydrogen) atoms. The summed E-state index contributed by atoms with van der Waals surface area (Å²) in [5.74, 6) is 0.520. The van der Waals surface area contributed by atoms with Gasteiger partial charge in [0, 0.05) is 16.6 Å². The summed E-state index contributed by atoms with van der Waals surface area (Å²) >= 11 is 6.05. The Morgan fingerprint density at radius 1 is 1.28 bits per heavy atom. The van der Waals surface area contributed by atoms with Crippen LogP contribution in [0.15, 0.2) is 18.2 Å². The maximum absolute atomic E-state index is 13.7. The Morgan fingerprint density at radius 3 is 2.56 bits per heavy atom. The Balaban J connectivity index is 2.57. The molecule has 0 aliphatic rings. The van der Waals surface area contributed by atoms with Gasteiger partial charge in [-0.25, -0.2) is 4.39 Å². The minimum absolute atomic E-state index is 0.202. The highest BCUT2D eigenvalue weighted by Crippen LogP contribution is 2.22. The Morgan fingerprint density at radius 2 is 2.00 bits per heavy atom. The van der Waals surface area contributed by atoms with Crippen molar-refractivity contribution in [1.82, 2.24) is 5.32 Å². The second kappa shape index (κ2) is 7.75. The SMILES string of the molecule is CNC(CCCC(C)C)Cc1c(F)cccc1Cl. The topological polar surface area (TPSA) is 12.0 Å². The largest absolute Gasteiger partial charge is 0.317 e. The van der Waals surface area contributed by atoms with E-state index in [0.29, 0.717) is 17.0 Å². The first-order chi connectivity index (χ1) is 8.54. The van der Waals surface area contributed by atoms with Gasteiger partial charge < -0.3 is 5.32 Å². The van der Waals surface area contributed by atoms with E-state index in [1.807, 2.05) is 7.05 Å². The lowest BCUT2D eigenvalue weighted by atomic mass is 9.98. The summed E-state index contributed by atoms with van der Waals surface area (Å²) in [6.45, 7) is 4.45. The van der Waals surface area contributed by atoms with Crippen LogP contribution in [0.2, 0.25) is 5.02 Å². The molecule has 0 heterocycles. The quantitative estimate of drug-likeness (QED) is 0.773. The van der Waals surface area contributed by atoms with E-state index in [9.17, 15) is 4.39 Å². The van der Waals surface area contributed by atoms with Gasteiger partial charge in [-0.1, -0.05) is 44.4 Å². The van der Waals surface area contributed by atoms with Crippen LogP contribution in [0.1, 0.15) is 38.7 Å². The van der Waals surface area contributed by atoms with Crippen LogP contribution in [0.5, 0.6) is 0 Å². The van der Waals surface area contributed by atoms with E-state index in [-0.39, 0.29) is 11.9 Å². The Labute approximate surface area is 115 Å². The summed E-state index contributed by atoms with van der Waals surface area (Å²) in [4.78, 5) is 0. The highest BCUT2D eigenvalue weighted by Gasteiger charge is 2.13. The van der Waals surface area contributed by atoms with Crippen LogP contribution in [0.4, 0.5) is 4.39 Å². The zero-order valence-electron chi connectivity index (χ0n) is 11.5. The minimum Gasteiger partial charge on any atom is -0.317 e. The number of nitrogens with one attached hydrogen (secondary N) is 1. The lowest BCUT2D eigenvalue weighted by Gasteiger charge is -2.18. The first-order valence-corrected chi connectivity index (χ1v) is 7.02. The molecule has 1 rings (SSSR count). The third-order valence-corrected chi connectivity index (χ3v) is 3.61. The second-order valence-corrected chi connectivity index (χ2v) is 5.62. The van der Waals surface area contributed by atoms with Gasteiger partial charge in [-0.2, -0.15) is 0 Å². The standard InChI is InChI=1S/C15H23ClFN/c1-11(2)6-4-7-12(18-3)10-13-14(16)8-5-9-15(13)17/h5,8-9,11-12,18H,4,6-7,10H2,1-3H3. The number of hydrogen-bond donors (Lipinski definition) is 1. The maximum atomic E-state index is 13.7. The van der Waals surface area contributed by atoms with Crippen molar-refractivity contribution in [2.45, 2.75) is 45.6 Å². The molecular weight excluding hydrogens is 249 g/mol. The van der Waals surface area contributed by atoms with Crippen LogP contribution in [0.25, 0.3) is 0 Å². The Kier molecular flexibility index (Phi) is 6.66. The normalized spacial score (nSPS) is 13.0. The van der Waals surface area contributed by atoms with Crippen molar-refractivity contribution in [2.75, 3.05) is 7.05 Å². The van der Waals surface area contributed by atoms with Gasteiger partial charge in [-0.15, -0.1) is 0 Å². The minimum atomic E-state index is -0.202. The van der Waals surface area contributed by atoms with Crippen molar-refractivity contribution in [3.05, 3.63) is 34.6 Å². The maximum Gasteiger partial charge on any atom is 0.127 e. The van der Waals surface area contributed by atoms with Gasteiger partial charge in [-0.3, -0.25) is 0 Å². The van der Waals surface area contributed by atoms with Crippen molar-refractivity contribution in [1.29, 1.82) is 0 Å². The van der Waals surface area contributed by atoms with Crippen LogP contribution in [-0.4, -0.2) is 13.1 Å². The molecule has 3 heteroatoms. The zero-order valence-corrected chi connectivity index (χ0v) is 12.2. The smallest absolute Gasteiger partial charge is 0.127 e. The summed E-state index contributed by atoms with van der Waals surface area (Å²) in [6.07, 6.45) is 4.08. The van der Waals surface area contributed by atoms with Crippen LogP contribution in [0, 0.1) is 11.7 Å². The van der Waals surface area contributed by atoms with Gasteiger partial charge >= 0.3 is 0 Å². The lowest BCUT2D eigenvalue weighted by molar-refractivity contribution is 0.452. The molecule has 102 valence electrons. The molecule has 0 amide bonds. The number of hydrogen-bond acceptors (Lipinski definition) is 1. The summed E-state index contributed by atoms with van der Waals surface area (Å²) < 4.78 is 13.7. The van der Waals surface area contributed by atoms with Crippen molar-refractivity contribution < 1.29 is 4.39 Å². The molecule has 1 aromatic rings. The molecule has 0 saturated heterocycles. The van der Waals surface area contributed by atoms with Gasteiger partial charge in [0.15, 0.2) is 0 Å². The fourth-order valence-corrected chi connectivity index (χ4v) is 2.33. The number of benzene rings is 1. The molecule has 0 bridgehead atoms. The molecule has 1 atom stereocenters. The fraction of sp³-hybridized carbons (Fsp3) is 0.600. The average Bonchev–Trinajstić information content (AvgIpc) is 2.31. The predicted molar refractivity (Wildman–Crippen MR) is 76.7 cm³/mol. The molecule has 0 spiro atoms. The molecule has 1 nitrogen and oxygen atoms in total. The molecule has 0 aliphatic heterocycles. The third kappa shape index (κ3) is 4.95. The van der Waals surface area contributed by atoms with Crippen molar-refractivity contribution >= 4 is 11.6 Å². The summed E-state index contributed by atoms with van der Waals surface area (Å²) in [6, 6.07) is 5.16. The predicted octanol–water partition coefficient (Wildman–Crippen LogP) is 4.44. The van der Waals surface area contributed by atoms with Gasteiger partial charge in [-0.05, 0) is 37.9 Å². The van der Waals surface area contributed by atoms with E-state index < -0.39 is 0 Å². The van der Waals surface area contributed by atoms with Crippen molar-refractivity contribution in [3.8, 4) is 0 Å². The van der Waals surface area contributed by atoms with Crippen LogP contribution < -0.4 is 5.32 Å². The molecule has 1 N–H and O–H groups in total. The van der Waals surface area contributed by atoms with Crippen LogP contribution in [-0.2, 0) is 6.42 Å². The molecule has 0 aromatic heterocycles. The highest BCUT2D eigenvalue weighted by atomic mass is 35.5. The molecule has 0 fully saturated rings. The monoisotopic (exact) mass is 271 g/mol. The number of halogens is 2. The highest BCUT2D eigenvalue weighted by molar-refractivity contribution is 6.31. The van der Waals surface area contributed by atoms with E-state index in [1.54, 1.807) is 12.1 Å². The lowest BCUT2D eigenvalue weighted by Crippen LogP contribution is -2.28. The van der Waals surface area contributed by atoms with Gasteiger partial charge in [0.2, 0.25) is 0 Å². The molecule has 0 aliphatic carbocycles. The third-order valence-electron chi connectivity index (χ3n) is 3.25. The second-order valence-electron chi connectivity index (χ2n) is 5.21. The molecule has 0 saturated carbocycles. The van der Waals surface area contributed by atoms with E-state index in [1.165, 1.54) is 12.5 Å². The number of rotatable bonds is 7. The van der Waals surface area contributed by atoms with Crippen LogP contribution in [0.3, 0.4) is 0 Å². The van der Waals surface area contributed by atoms with E-state index in [4.69, 9.17) is 11.6 Å². The molecule has 1 aromatic carbocycles. The average molecular weight is 272 g/mol. The summed E-state index contributed by atoms with van der Waals surface area (Å²) in [5.41, 5.74) is 0.628. The summed E-state index contributed by atoms with van der Waals surface area (Å²) in [5, 5.41) is 3.78. The van der Waals surface area contributed by atoms with Crippen LogP contribution >= 0.6 is 11.6 Å². The van der Waals surface area contributed by atoms with Crippen molar-refractivity contribution in [3.63, 3.8) is 0 Å². The van der Waals surface area contributed by atoms with Gasteiger partial charge in [0.25, 0.3) is 0 Å². The summed E-state index contributed by atoms with van der Waals surface area (Å²) in [7, 11) is 1.93. The van der Waals surface area contributed by atoms with E-state index >= 15 is 0 Å². The number of likely N-dealkylation sites (N-methyl/N-ethyl adjacent to an activating group) is 1.